The van der Waals surface area contributed by atoms with Crippen LogP contribution in [0.1, 0.15) is 58.8 Å². The highest BCUT2D eigenvalue weighted by atomic mass is 16.4. The third-order valence-corrected chi connectivity index (χ3v) is 5.06. The lowest BCUT2D eigenvalue weighted by Gasteiger charge is -2.38. The van der Waals surface area contributed by atoms with Gasteiger partial charge in [0.1, 0.15) is 5.54 Å². The Bertz CT molecular complexity index is 399. The Kier molecular flexibility index (Phi) is 5.12. The molecule has 5 nitrogen and oxygen atoms in total. The number of hydrogen-bond acceptors (Lipinski definition) is 2. The van der Waals surface area contributed by atoms with E-state index in [1.165, 1.54) is 0 Å². The van der Waals surface area contributed by atoms with Crippen molar-refractivity contribution >= 4 is 12.0 Å². The summed E-state index contributed by atoms with van der Waals surface area (Å²) in [6.45, 7) is 5.75. The van der Waals surface area contributed by atoms with Gasteiger partial charge in [-0.25, -0.2) is 9.59 Å². The van der Waals surface area contributed by atoms with E-state index in [9.17, 15) is 14.7 Å². The van der Waals surface area contributed by atoms with Gasteiger partial charge in [0.05, 0.1) is 0 Å². The van der Waals surface area contributed by atoms with Crippen LogP contribution in [-0.2, 0) is 4.79 Å². The molecule has 3 atom stereocenters. The summed E-state index contributed by atoms with van der Waals surface area (Å²) in [5.74, 6) is 0.107. The van der Waals surface area contributed by atoms with Crippen LogP contribution >= 0.6 is 0 Å². The van der Waals surface area contributed by atoms with Crippen LogP contribution in [0.25, 0.3) is 0 Å². The van der Waals surface area contributed by atoms with Gasteiger partial charge in [-0.1, -0.05) is 26.7 Å². The first-order chi connectivity index (χ1) is 9.93. The van der Waals surface area contributed by atoms with Crippen LogP contribution in [-0.4, -0.2) is 40.6 Å². The molecule has 5 heteroatoms. The van der Waals surface area contributed by atoms with E-state index in [-0.39, 0.29) is 6.03 Å². The lowest BCUT2D eigenvalue weighted by molar-refractivity contribution is -0.146. The Morgan fingerprint density at radius 2 is 1.81 bits per heavy atom. The molecule has 2 fully saturated rings. The summed E-state index contributed by atoms with van der Waals surface area (Å²) in [5, 5.41) is 12.5. The van der Waals surface area contributed by atoms with Crippen LogP contribution in [0.5, 0.6) is 0 Å². The third-order valence-electron chi connectivity index (χ3n) is 5.06. The Labute approximate surface area is 127 Å². The van der Waals surface area contributed by atoms with Crippen LogP contribution in [0.15, 0.2) is 0 Å². The van der Waals surface area contributed by atoms with Crippen LogP contribution in [0.2, 0.25) is 0 Å². The molecule has 2 N–H and O–H groups in total. The monoisotopic (exact) mass is 296 g/mol. The summed E-state index contributed by atoms with van der Waals surface area (Å²) in [5.41, 5.74) is -1.06. The smallest absolute Gasteiger partial charge is 0.329 e. The molecule has 1 aliphatic carbocycles. The van der Waals surface area contributed by atoms with Crippen molar-refractivity contribution < 1.29 is 14.7 Å². The van der Waals surface area contributed by atoms with Gasteiger partial charge in [-0.2, -0.15) is 0 Å². The topological polar surface area (TPSA) is 69.6 Å². The molecular weight excluding hydrogens is 268 g/mol. The van der Waals surface area contributed by atoms with Crippen molar-refractivity contribution in [2.24, 2.45) is 11.8 Å². The number of nitrogens with zero attached hydrogens (tertiary/aromatic N) is 1. The molecule has 0 aromatic rings. The predicted octanol–water partition coefficient (Wildman–Crippen LogP) is 2.85. The molecule has 0 radical (unpaired) electrons. The van der Waals surface area contributed by atoms with Crippen molar-refractivity contribution in [3.05, 3.63) is 0 Å². The molecule has 1 saturated carbocycles. The Balaban J connectivity index is 2.02. The highest BCUT2D eigenvalue weighted by Crippen LogP contribution is 2.33. The zero-order chi connectivity index (χ0) is 15.5. The van der Waals surface area contributed by atoms with Crippen molar-refractivity contribution in [3.63, 3.8) is 0 Å². The molecule has 2 amide bonds. The predicted molar refractivity (Wildman–Crippen MR) is 81.1 cm³/mol. The largest absolute Gasteiger partial charge is 0.480 e. The Hall–Kier alpha value is -1.26. The summed E-state index contributed by atoms with van der Waals surface area (Å²) in [7, 11) is 0. The van der Waals surface area contributed by atoms with E-state index in [1.807, 2.05) is 0 Å². The van der Waals surface area contributed by atoms with E-state index in [4.69, 9.17) is 0 Å². The maximum Gasteiger partial charge on any atom is 0.329 e. The van der Waals surface area contributed by atoms with Crippen LogP contribution in [0.3, 0.4) is 0 Å². The number of hydrogen-bond donors (Lipinski definition) is 2. The van der Waals surface area contributed by atoms with Gasteiger partial charge in [-0.15, -0.1) is 0 Å². The zero-order valence-corrected chi connectivity index (χ0v) is 13.2. The van der Waals surface area contributed by atoms with Crippen LogP contribution in [0, 0.1) is 11.8 Å². The Morgan fingerprint density at radius 1 is 1.10 bits per heavy atom. The van der Waals surface area contributed by atoms with E-state index >= 15 is 0 Å². The third kappa shape index (κ3) is 3.89. The number of amides is 2. The molecule has 2 aliphatic rings. The first kappa shape index (κ1) is 16.1. The molecule has 21 heavy (non-hydrogen) atoms. The van der Waals surface area contributed by atoms with Gasteiger partial charge in [0.2, 0.25) is 0 Å². The highest BCUT2D eigenvalue weighted by molar-refractivity contribution is 5.86. The zero-order valence-electron chi connectivity index (χ0n) is 13.2. The van der Waals surface area contributed by atoms with E-state index in [1.54, 1.807) is 4.90 Å². The quantitative estimate of drug-likeness (QED) is 0.823. The molecule has 0 aromatic carbocycles. The van der Waals surface area contributed by atoms with Crippen molar-refractivity contribution in [1.82, 2.24) is 10.2 Å². The van der Waals surface area contributed by atoms with Crippen molar-refractivity contribution in [3.8, 4) is 0 Å². The van der Waals surface area contributed by atoms with Crippen molar-refractivity contribution in [1.29, 1.82) is 0 Å². The molecule has 120 valence electrons. The van der Waals surface area contributed by atoms with Gasteiger partial charge >= 0.3 is 12.0 Å². The Morgan fingerprint density at radius 3 is 2.48 bits per heavy atom. The minimum Gasteiger partial charge on any atom is -0.480 e. The van der Waals surface area contributed by atoms with Gasteiger partial charge in [0, 0.05) is 13.1 Å². The molecule has 0 aromatic heterocycles. The number of urea groups is 1. The number of likely N-dealkylation sites (tertiary alicyclic amines) is 1. The molecule has 0 spiro atoms. The number of carboxylic acids is 1. The number of carbonyl (C=O) groups excluding carboxylic acids is 1. The van der Waals surface area contributed by atoms with Crippen LogP contribution < -0.4 is 5.32 Å². The maximum atomic E-state index is 12.5. The SMILES string of the molecule is CC1CCCN(C(=O)NC2(C(=O)O)CCCC(C)C2)CC1. The van der Waals surface area contributed by atoms with Gasteiger partial charge in [-0.3, -0.25) is 0 Å². The van der Waals surface area contributed by atoms with E-state index in [0.717, 1.165) is 45.2 Å². The summed E-state index contributed by atoms with van der Waals surface area (Å²) in [6.07, 6.45) is 6.15. The minimum absolute atomic E-state index is 0.194. The molecule has 0 bridgehead atoms. The lowest BCUT2D eigenvalue weighted by Crippen LogP contribution is -2.59. The fourth-order valence-corrected chi connectivity index (χ4v) is 3.66. The molecule has 1 saturated heterocycles. The summed E-state index contributed by atoms with van der Waals surface area (Å²) in [4.78, 5) is 26.0. The fourth-order valence-electron chi connectivity index (χ4n) is 3.66. The first-order valence-electron chi connectivity index (χ1n) is 8.23. The molecular formula is C16H28N2O3. The molecule has 2 rings (SSSR count). The second kappa shape index (κ2) is 6.67. The second-order valence-electron chi connectivity index (χ2n) is 7.04. The normalized spacial score (nSPS) is 34.1. The molecule has 1 aliphatic heterocycles. The summed E-state index contributed by atoms with van der Waals surface area (Å²) >= 11 is 0. The highest BCUT2D eigenvalue weighted by Gasteiger charge is 2.43. The second-order valence-corrected chi connectivity index (χ2v) is 7.04. The average molecular weight is 296 g/mol. The van der Waals surface area contributed by atoms with E-state index in [2.05, 4.69) is 19.2 Å². The molecule has 1 heterocycles. The number of nitrogens with one attached hydrogen (secondary N) is 1. The number of aliphatic carboxylic acids is 1. The number of carboxylic acid groups (broad SMARTS) is 1. The van der Waals surface area contributed by atoms with E-state index < -0.39 is 11.5 Å². The lowest BCUT2D eigenvalue weighted by atomic mass is 9.76. The number of carbonyl (C=O) groups is 2. The molecule has 3 unspecified atom stereocenters. The van der Waals surface area contributed by atoms with Gasteiger partial charge in [0.15, 0.2) is 0 Å². The average Bonchev–Trinajstić information content (AvgIpc) is 2.63. The fraction of sp³-hybridized carbons (Fsp3) is 0.875. The van der Waals surface area contributed by atoms with Crippen molar-refractivity contribution in [2.45, 2.75) is 64.3 Å². The van der Waals surface area contributed by atoms with Crippen molar-refractivity contribution in [2.75, 3.05) is 13.1 Å². The number of rotatable bonds is 2. The maximum absolute atomic E-state index is 12.5. The van der Waals surface area contributed by atoms with Gasteiger partial charge in [0.25, 0.3) is 0 Å². The summed E-state index contributed by atoms with van der Waals surface area (Å²) in [6, 6.07) is -0.194. The van der Waals surface area contributed by atoms with Crippen LogP contribution in [0.4, 0.5) is 4.79 Å². The van der Waals surface area contributed by atoms with Gasteiger partial charge < -0.3 is 15.3 Å². The van der Waals surface area contributed by atoms with E-state index in [0.29, 0.717) is 24.7 Å². The minimum atomic E-state index is -1.06. The van der Waals surface area contributed by atoms with Gasteiger partial charge in [-0.05, 0) is 43.9 Å². The first-order valence-corrected chi connectivity index (χ1v) is 8.23. The standard InChI is InChI=1S/C16H28N2O3/c1-12-6-4-9-18(10-7-12)15(21)17-16(14(19)20)8-3-5-13(2)11-16/h12-13H,3-11H2,1-2H3,(H,17,21)(H,19,20). The summed E-state index contributed by atoms with van der Waals surface area (Å²) < 4.78 is 0.